The van der Waals surface area contributed by atoms with Crippen LogP contribution in [0.3, 0.4) is 0 Å². The third kappa shape index (κ3) is 2.99. The molecule has 0 radical (unpaired) electrons. The number of aromatic carboxylic acids is 2. The maximum Gasteiger partial charge on any atom is 1.00 e. The maximum absolute atomic E-state index is 10.7. The van der Waals surface area contributed by atoms with Crippen LogP contribution < -0.4 is 40.1 Å². The molecule has 0 unspecified atom stereocenters. The number of hydrogen-bond acceptors (Lipinski definition) is 5. The zero-order valence-corrected chi connectivity index (χ0v) is 9.14. The third-order valence-corrected chi connectivity index (χ3v) is 1.18. The fourth-order valence-electron chi connectivity index (χ4n) is 0.683. The average molecular weight is 206 g/mol. The first-order valence-corrected chi connectivity index (χ1v) is 3.10. The Morgan fingerprint density at radius 2 is 1.79 bits per heavy atom. The topological polar surface area (TPSA) is 108 Å². The molecule has 1 heterocycles. The predicted octanol–water partition coefficient (Wildman–Crippen LogP) is -4.29. The molecule has 0 aliphatic rings. The van der Waals surface area contributed by atoms with E-state index in [2.05, 4.69) is 4.42 Å². The average Bonchev–Trinajstić information content (AvgIpc) is 2.03. The SMILES string of the molecule is O=C([O-])c1cc(=O)cc(C(=O)O)o1.[Na+]. The molecule has 0 spiro atoms. The van der Waals surface area contributed by atoms with Gasteiger partial charge in [-0.25, -0.2) is 4.79 Å². The van der Waals surface area contributed by atoms with Crippen molar-refractivity contribution in [3.05, 3.63) is 33.9 Å². The molecule has 1 N–H and O–H groups in total. The summed E-state index contributed by atoms with van der Waals surface area (Å²) in [4.78, 5) is 31.2. The second-order valence-corrected chi connectivity index (χ2v) is 2.11. The molecular formula is C7H3NaO6. The minimum atomic E-state index is -1.74. The van der Waals surface area contributed by atoms with Crippen molar-refractivity contribution in [2.75, 3.05) is 0 Å². The predicted molar refractivity (Wildman–Crippen MR) is 36.3 cm³/mol. The fraction of sp³-hybridized carbons (Fsp3) is 0. The van der Waals surface area contributed by atoms with E-state index in [0.717, 1.165) is 0 Å². The molecule has 1 aromatic rings. The molecule has 0 aliphatic heterocycles. The molecule has 6 nitrogen and oxygen atoms in total. The van der Waals surface area contributed by atoms with Crippen LogP contribution in [0.5, 0.6) is 0 Å². The van der Waals surface area contributed by atoms with Gasteiger partial charge in [0.05, 0.1) is 0 Å². The number of carbonyl (C=O) groups is 2. The van der Waals surface area contributed by atoms with Gasteiger partial charge in [0.25, 0.3) is 0 Å². The summed E-state index contributed by atoms with van der Waals surface area (Å²) < 4.78 is 4.32. The fourth-order valence-corrected chi connectivity index (χ4v) is 0.683. The molecule has 0 atom stereocenters. The van der Waals surface area contributed by atoms with Gasteiger partial charge in [-0.1, -0.05) is 0 Å². The van der Waals surface area contributed by atoms with E-state index in [1.165, 1.54) is 0 Å². The summed E-state index contributed by atoms with van der Waals surface area (Å²) in [6.07, 6.45) is 0. The van der Waals surface area contributed by atoms with Gasteiger partial charge in [-0.2, -0.15) is 0 Å². The monoisotopic (exact) mass is 206 g/mol. The Labute approximate surface area is 99.5 Å². The summed E-state index contributed by atoms with van der Waals surface area (Å²) in [5.41, 5.74) is -0.761. The summed E-state index contributed by atoms with van der Waals surface area (Å²) in [5.74, 6) is -4.78. The van der Waals surface area contributed by atoms with Gasteiger partial charge in [0.15, 0.2) is 11.2 Å². The van der Waals surface area contributed by atoms with Crippen molar-refractivity contribution in [3.63, 3.8) is 0 Å². The normalized spacial score (nSPS) is 8.86. The van der Waals surface area contributed by atoms with Gasteiger partial charge in [-0.15, -0.1) is 0 Å². The van der Waals surface area contributed by atoms with Crippen molar-refractivity contribution in [1.82, 2.24) is 0 Å². The van der Waals surface area contributed by atoms with Gasteiger partial charge < -0.3 is 19.4 Å². The number of carboxylic acid groups (broad SMARTS) is 2. The smallest absolute Gasteiger partial charge is 0.542 e. The van der Waals surface area contributed by atoms with Crippen LogP contribution in [0.1, 0.15) is 21.1 Å². The molecule has 7 heteroatoms. The van der Waals surface area contributed by atoms with Crippen LogP contribution in [0.25, 0.3) is 0 Å². The standard InChI is InChI=1S/C7H4O6.Na/c8-3-1-4(6(9)10)13-5(2-3)7(11)12;/h1-2H,(H,9,10)(H,11,12);/q;+1/p-1. The molecule has 0 saturated carbocycles. The van der Waals surface area contributed by atoms with E-state index in [1.54, 1.807) is 0 Å². The number of rotatable bonds is 2. The molecular weight excluding hydrogens is 203 g/mol. The molecule has 0 aliphatic carbocycles. The van der Waals surface area contributed by atoms with Crippen LogP contribution in [0.15, 0.2) is 21.3 Å². The van der Waals surface area contributed by atoms with E-state index in [4.69, 9.17) is 5.11 Å². The molecule has 68 valence electrons. The Hall–Kier alpha value is -1.11. The van der Waals surface area contributed by atoms with E-state index in [9.17, 15) is 19.5 Å². The van der Waals surface area contributed by atoms with E-state index in [-0.39, 0.29) is 29.6 Å². The molecule has 0 saturated heterocycles. The summed E-state index contributed by atoms with van der Waals surface area (Å²) in [7, 11) is 0. The Morgan fingerprint density at radius 1 is 1.29 bits per heavy atom. The van der Waals surface area contributed by atoms with Crippen LogP contribution in [-0.2, 0) is 0 Å². The number of hydrogen-bond donors (Lipinski definition) is 1. The molecule has 0 bridgehead atoms. The quantitative estimate of drug-likeness (QED) is 0.490. The van der Waals surface area contributed by atoms with E-state index < -0.39 is 28.9 Å². The van der Waals surface area contributed by atoms with Crippen molar-refractivity contribution in [3.8, 4) is 0 Å². The molecule has 0 amide bonds. The third-order valence-electron chi connectivity index (χ3n) is 1.18. The van der Waals surface area contributed by atoms with E-state index in [1.807, 2.05) is 0 Å². The van der Waals surface area contributed by atoms with Crippen LogP contribution in [0.2, 0.25) is 0 Å². The van der Waals surface area contributed by atoms with Crippen molar-refractivity contribution in [2.45, 2.75) is 0 Å². The Morgan fingerprint density at radius 3 is 2.21 bits per heavy atom. The molecule has 0 fully saturated rings. The second kappa shape index (κ2) is 4.94. The largest absolute Gasteiger partial charge is 1.00 e. The van der Waals surface area contributed by atoms with Crippen LogP contribution >= 0.6 is 0 Å². The van der Waals surface area contributed by atoms with Gasteiger partial charge in [-0.05, 0) is 0 Å². The first-order valence-electron chi connectivity index (χ1n) is 3.10. The molecule has 14 heavy (non-hydrogen) atoms. The van der Waals surface area contributed by atoms with Crippen molar-refractivity contribution in [1.29, 1.82) is 0 Å². The van der Waals surface area contributed by atoms with Crippen LogP contribution in [0, 0.1) is 0 Å². The zero-order chi connectivity index (χ0) is 10.0. The minimum absolute atomic E-state index is 0. The van der Waals surface area contributed by atoms with Crippen molar-refractivity contribution < 1.29 is 53.8 Å². The van der Waals surface area contributed by atoms with Crippen LogP contribution in [-0.4, -0.2) is 17.0 Å². The van der Waals surface area contributed by atoms with Gasteiger partial charge in [0.1, 0.15) is 5.97 Å². The van der Waals surface area contributed by atoms with Crippen molar-refractivity contribution in [2.24, 2.45) is 0 Å². The summed E-state index contributed by atoms with van der Waals surface area (Å²) >= 11 is 0. The van der Waals surface area contributed by atoms with Gasteiger partial charge in [-0.3, -0.25) is 4.79 Å². The molecule has 0 aromatic carbocycles. The Balaban J connectivity index is 0.00000169. The van der Waals surface area contributed by atoms with Gasteiger partial charge >= 0.3 is 35.5 Å². The first-order chi connectivity index (χ1) is 6.00. The van der Waals surface area contributed by atoms with E-state index >= 15 is 0 Å². The Kier molecular flexibility index (Phi) is 4.55. The first kappa shape index (κ1) is 12.9. The van der Waals surface area contributed by atoms with Crippen LogP contribution in [0.4, 0.5) is 0 Å². The maximum atomic E-state index is 10.7. The Bertz CT molecular complexity index is 385. The summed E-state index contributed by atoms with van der Waals surface area (Å²) in [6, 6.07) is 1.32. The van der Waals surface area contributed by atoms with E-state index in [0.29, 0.717) is 12.1 Å². The minimum Gasteiger partial charge on any atom is -0.542 e. The molecule has 1 rings (SSSR count). The number of carbonyl (C=O) groups excluding carboxylic acids is 1. The summed E-state index contributed by atoms with van der Waals surface area (Å²) in [6.45, 7) is 0. The second-order valence-electron chi connectivity index (χ2n) is 2.11. The molecule has 1 aromatic heterocycles. The number of carboxylic acids is 2. The van der Waals surface area contributed by atoms with Gasteiger partial charge in [0, 0.05) is 12.1 Å². The summed E-state index contributed by atoms with van der Waals surface area (Å²) in [5, 5.41) is 18.6. The van der Waals surface area contributed by atoms with Gasteiger partial charge in [0.2, 0.25) is 5.76 Å². The van der Waals surface area contributed by atoms with Crippen molar-refractivity contribution >= 4 is 11.9 Å². The zero-order valence-electron chi connectivity index (χ0n) is 7.14.